The molecule has 11 N–H and O–H groups in total. The third-order valence-electron chi connectivity index (χ3n) is 6.74. The number of guanidine groups is 1. The molecule has 0 aliphatic carbocycles. The molecule has 0 spiro atoms. The van der Waals surface area contributed by atoms with Crippen LogP contribution in [0, 0.1) is 0 Å². The van der Waals surface area contributed by atoms with E-state index in [0.29, 0.717) is 6.42 Å². The van der Waals surface area contributed by atoms with Crippen LogP contribution in [0.15, 0.2) is 65.8 Å². The molecule has 0 saturated heterocycles. The van der Waals surface area contributed by atoms with Crippen LogP contribution in [0.3, 0.4) is 0 Å². The zero-order valence-electron chi connectivity index (χ0n) is 23.5. The minimum atomic E-state index is -1.25. The molecule has 3 amide bonds. The van der Waals surface area contributed by atoms with Crippen LogP contribution in [-0.2, 0) is 32.0 Å². The maximum absolute atomic E-state index is 13.6. The van der Waals surface area contributed by atoms with Gasteiger partial charge in [0.2, 0.25) is 17.7 Å². The van der Waals surface area contributed by atoms with Crippen molar-refractivity contribution < 1.29 is 24.3 Å². The zero-order valence-corrected chi connectivity index (χ0v) is 24.4. The fourth-order valence-electron chi connectivity index (χ4n) is 4.46. The Morgan fingerprint density at radius 3 is 2.16 bits per heavy atom. The minimum absolute atomic E-state index is 0.0424. The molecule has 13 nitrogen and oxygen atoms in total. The maximum Gasteiger partial charge on any atom is 0.326 e. The SMILES string of the molecule is NC(N)=NCCCC(NC(=O)C(N)CS)C(=O)NC(Cc1c[nH]c2ccccc12)C(=O)NC(Cc1ccccc1)C(=O)O. The van der Waals surface area contributed by atoms with Crippen LogP contribution in [0.2, 0.25) is 0 Å². The molecule has 0 aliphatic heterocycles. The molecule has 0 radical (unpaired) electrons. The number of carbonyl (C=O) groups is 4. The number of hydrogen-bond donors (Lipinski definition) is 9. The van der Waals surface area contributed by atoms with Crippen LogP contribution in [0.5, 0.6) is 0 Å². The van der Waals surface area contributed by atoms with Gasteiger partial charge in [-0.2, -0.15) is 12.6 Å². The van der Waals surface area contributed by atoms with Gasteiger partial charge in [-0.15, -0.1) is 0 Å². The number of nitrogens with one attached hydrogen (secondary N) is 4. The summed E-state index contributed by atoms with van der Waals surface area (Å²) in [5.74, 6) is -3.22. The number of amides is 3. The van der Waals surface area contributed by atoms with E-state index in [1.165, 1.54) is 0 Å². The average molecular weight is 611 g/mol. The fraction of sp³-hybridized carbons (Fsp3) is 0.345. The molecule has 4 atom stereocenters. The number of nitrogens with two attached hydrogens (primary N) is 3. The van der Waals surface area contributed by atoms with Gasteiger partial charge in [-0.05, 0) is 30.0 Å². The number of para-hydroxylation sites is 1. The largest absolute Gasteiger partial charge is 0.480 e. The number of carboxylic acids is 1. The normalized spacial score (nSPS) is 13.7. The summed E-state index contributed by atoms with van der Waals surface area (Å²) in [5, 5.41) is 18.6. The molecule has 0 bridgehead atoms. The lowest BCUT2D eigenvalue weighted by Gasteiger charge is -2.25. The number of hydrogen-bond acceptors (Lipinski definition) is 7. The summed E-state index contributed by atoms with van der Waals surface area (Å²) >= 11 is 4.05. The standard InChI is InChI=1S/C29H38N8O5S/c30-20(16-43)25(38)35-22(11-6-12-33-29(31)32)26(39)36-23(14-18-15-34-21-10-5-4-9-19(18)21)27(40)37-24(28(41)42)13-17-7-2-1-3-8-17/h1-5,7-10,15,20,22-24,34,43H,6,11-14,16,30H2,(H,35,38)(H,36,39)(H,37,40)(H,41,42)(H4,31,32,33). The third kappa shape index (κ3) is 10.0. The monoisotopic (exact) mass is 610 g/mol. The van der Waals surface area contributed by atoms with Crippen molar-refractivity contribution in [3.63, 3.8) is 0 Å². The van der Waals surface area contributed by atoms with E-state index in [1.807, 2.05) is 24.3 Å². The van der Waals surface area contributed by atoms with Crippen LogP contribution in [0.4, 0.5) is 0 Å². The van der Waals surface area contributed by atoms with Crippen molar-refractivity contribution in [2.75, 3.05) is 12.3 Å². The highest BCUT2D eigenvalue weighted by Crippen LogP contribution is 2.19. The van der Waals surface area contributed by atoms with E-state index in [-0.39, 0.29) is 37.5 Å². The van der Waals surface area contributed by atoms with Gasteiger partial charge in [-0.1, -0.05) is 48.5 Å². The molecule has 230 valence electrons. The molecule has 2 aromatic carbocycles. The summed E-state index contributed by atoms with van der Waals surface area (Å²) in [6.07, 6.45) is 2.30. The number of aliphatic imine (C=N–C) groups is 1. The van der Waals surface area contributed by atoms with Crippen molar-refractivity contribution in [3.8, 4) is 0 Å². The van der Waals surface area contributed by atoms with E-state index < -0.39 is 47.9 Å². The number of aromatic amines is 1. The fourth-order valence-corrected chi connectivity index (χ4v) is 4.62. The van der Waals surface area contributed by atoms with E-state index >= 15 is 0 Å². The molecule has 43 heavy (non-hydrogen) atoms. The van der Waals surface area contributed by atoms with Crippen LogP contribution in [0.25, 0.3) is 10.9 Å². The molecule has 0 aliphatic rings. The number of benzene rings is 2. The van der Waals surface area contributed by atoms with E-state index in [1.54, 1.807) is 36.5 Å². The molecule has 0 fully saturated rings. The molecule has 1 aromatic heterocycles. The predicted octanol–water partition coefficient (Wildman–Crippen LogP) is -0.197. The van der Waals surface area contributed by atoms with E-state index in [9.17, 15) is 24.3 Å². The molecule has 1 heterocycles. The van der Waals surface area contributed by atoms with Crippen molar-refractivity contribution in [3.05, 3.63) is 71.9 Å². The number of carboxylic acid groups (broad SMARTS) is 1. The quantitative estimate of drug-likeness (QED) is 0.0455. The van der Waals surface area contributed by atoms with Crippen LogP contribution in [-0.4, -0.2) is 76.2 Å². The highest BCUT2D eigenvalue weighted by atomic mass is 32.1. The van der Waals surface area contributed by atoms with Crippen LogP contribution in [0.1, 0.15) is 24.0 Å². The van der Waals surface area contributed by atoms with Crippen molar-refractivity contribution in [2.45, 2.75) is 49.9 Å². The van der Waals surface area contributed by atoms with Gasteiger partial charge in [0.1, 0.15) is 18.1 Å². The van der Waals surface area contributed by atoms with E-state index in [4.69, 9.17) is 17.2 Å². The molecular formula is C29H38N8O5S. The summed E-state index contributed by atoms with van der Waals surface area (Å²) in [7, 11) is 0. The Balaban J connectivity index is 1.86. The van der Waals surface area contributed by atoms with Gasteiger partial charge < -0.3 is 43.2 Å². The van der Waals surface area contributed by atoms with Gasteiger partial charge >= 0.3 is 5.97 Å². The second kappa shape index (κ2) is 16.2. The topological polar surface area (TPSA) is 231 Å². The minimum Gasteiger partial charge on any atom is -0.480 e. The molecule has 14 heteroatoms. The summed E-state index contributed by atoms with van der Waals surface area (Å²) in [6, 6.07) is 11.9. The highest BCUT2D eigenvalue weighted by molar-refractivity contribution is 7.80. The number of carbonyl (C=O) groups excluding carboxylic acids is 3. The van der Waals surface area contributed by atoms with Crippen molar-refractivity contribution in [1.82, 2.24) is 20.9 Å². The first-order chi connectivity index (χ1) is 20.6. The number of aliphatic carboxylic acids is 1. The van der Waals surface area contributed by atoms with Crippen molar-refractivity contribution >= 4 is 53.2 Å². The first-order valence-electron chi connectivity index (χ1n) is 13.7. The Labute approximate surface area is 254 Å². The van der Waals surface area contributed by atoms with Crippen molar-refractivity contribution in [1.29, 1.82) is 0 Å². The van der Waals surface area contributed by atoms with Crippen LogP contribution >= 0.6 is 12.6 Å². The molecule has 0 saturated carbocycles. The Hall–Kier alpha value is -4.56. The van der Waals surface area contributed by atoms with E-state index in [0.717, 1.165) is 22.0 Å². The van der Waals surface area contributed by atoms with Gasteiger partial charge in [0, 0.05) is 42.2 Å². The second-order valence-electron chi connectivity index (χ2n) is 10.0. The second-order valence-corrected chi connectivity index (χ2v) is 10.4. The highest BCUT2D eigenvalue weighted by Gasteiger charge is 2.31. The van der Waals surface area contributed by atoms with Gasteiger partial charge in [0.15, 0.2) is 5.96 Å². The Morgan fingerprint density at radius 2 is 1.49 bits per heavy atom. The number of rotatable bonds is 16. The maximum atomic E-state index is 13.6. The first kappa shape index (κ1) is 32.9. The summed E-state index contributed by atoms with van der Waals surface area (Å²) in [5.41, 5.74) is 18.9. The van der Waals surface area contributed by atoms with Gasteiger partial charge in [0.05, 0.1) is 6.04 Å². The number of thiol groups is 1. The van der Waals surface area contributed by atoms with Gasteiger partial charge in [-0.3, -0.25) is 19.4 Å². The first-order valence-corrected chi connectivity index (χ1v) is 14.4. The lowest BCUT2D eigenvalue weighted by atomic mass is 10.0. The Kier molecular flexibility index (Phi) is 12.4. The predicted molar refractivity (Wildman–Crippen MR) is 167 cm³/mol. The molecular weight excluding hydrogens is 572 g/mol. The Bertz CT molecular complexity index is 1430. The van der Waals surface area contributed by atoms with Crippen molar-refractivity contribution in [2.24, 2.45) is 22.2 Å². The van der Waals surface area contributed by atoms with Crippen LogP contribution < -0.4 is 33.2 Å². The number of fused-ring (bicyclic) bond motifs is 1. The number of nitrogens with zero attached hydrogens (tertiary/aromatic N) is 1. The lowest BCUT2D eigenvalue weighted by molar-refractivity contribution is -0.142. The number of aromatic nitrogens is 1. The summed E-state index contributed by atoms with van der Waals surface area (Å²) in [4.78, 5) is 58.9. The third-order valence-corrected chi connectivity index (χ3v) is 7.13. The molecule has 4 unspecified atom stereocenters. The lowest BCUT2D eigenvalue weighted by Crippen LogP contribution is -2.58. The number of H-pyrrole nitrogens is 1. The molecule has 3 aromatic rings. The van der Waals surface area contributed by atoms with Gasteiger partial charge in [-0.25, -0.2) is 4.79 Å². The summed E-state index contributed by atoms with van der Waals surface area (Å²) in [6.45, 7) is 0.208. The smallest absolute Gasteiger partial charge is 0.326 e. The van der Waals surface area contributed by atoms with E-state index in [2.05, 4.69) is 38.6 Å². The molecule has 3 rings (SSSR count). The van der Waals surface area contributed by atoms with Gasteiger partial charge in [0.25, 0.3) is 0 Å². The summed E-state index contributed by atoms with van der Waals surface area (Å²) < 4.78 is 0. The zero-order chi connectivity index (χ0) is 31.4. The Morgan fingerprint density at radius 1 is 0.860 bits per heavy atom. The average Bonchev–Trinajstić information content (AvgIpc) is 3.40.